The molecular weight excluding hydrogens is 312 g/mol. The van der Waals surface area contributed by atoms with Gasteiger partial charge in [-0.3, -0.25) is 9.78 Å². The first kappa shape index (κ1) is 14.2. The molecule has 4 rings (SSSR count). The van der Waals surface area contributed by atoms with Crippen LogP contribution in [0, 0.1) is 0 Å². The van der Waals surface area contributed by atoms with Crippen LogP contribution in [-0.4, -0.2) is 32.3 Å². The van der Waals surface area contributed by atoms with Crippen molar-refractivity contribution in [3.8, 4) is 0 Å². The van der Waals surface area contributed by atoms with E-state index >= 15 is 0 Å². The first-order valence-corrected chi connectivity index (χ1v) is 7.92. The van der Waals surface area contributed by atoms with Gasteiger partial charge in [0.1, 0.15) is 5.52 Å². The van der Waals surface area contributed by atoms with E-state index in [2.05, 4.69) is 21.0 Å². The lowest BCUT2D eigenvalue weighted by Gasteiger charge is -2.33. The number of carbonyl (C=O) groups is 1. The monoisotopic (exact) mass is 326 g/mol. The minimum Gasteiger partial charge on any atom is -0.334 e. The van der Waals surface area contributed by atoms with E-state index in [9.17, 15) is 4.79 Å². The third-order valence-corrected chi connectivity index (χ3v) is 4.64. The Balaban J connectivity index is 1.70. The summed E-state index contributed by atoms with van der Waals surface area (Å²) in [6.45, 7) is 2.65. The zero-order valence-electron chi connectivity index (χ0n) is 12.6. The third-order valence-electron chi connectivity index (χ3n) is 4.34. The summed E-state index contributed by atoms with van der Waals surface area (Å²) in [6, 6.07) is 9.40. The van der Waals surface area contributed by atoms with E-state index in [1.807, 2.05) is 25.1 Å². The summed E-state index contributed by atoms with van der Waals surface area (Å²) < 4.78 is 0. The smallest absolute Gasteiger partial charge is 0.290 e. The molecule has 1 N–H and O–H groups in total. The third kappa shape index (κ3) is 2.28. The normalized spacial score (nSPS) is 17.3. The highest BCUT2D eigenvalue weighted by molar-refractivity contribution is 6.35. The maximum atomic E-state index is 12.9. The number of benzene rings is 1. The second kappa shape index (κ2) is 5.35. The molecular formula is C17H15ClN4O. The van der Waals surface area contributed by atoms with Crippen molar-refractivity contribution in [3.63, 3.8) is 0 Å². The fourth-order valence-electron chi connectivity index (χ4n) is 3.13. The largest absolute Gasteiger partial charge is 0.334 e. The van der Waals surface area contributed by atoms with E-state index in [0.717, 1.165) is 17.6 Å². The van der Waals surface area contributed by atoms with Crippen molar-refractivity contribution in [2.75, 3.05) is 6.54 Å². The summed E-state index contributed by atoms with van der Waals surface area (Å²) in [5.41, 5.74) is 3.56. The Morgan fingerprint density at radius 2 is 2.22 bits per heavy atom. The molecule has 3 heterocycles. The van der Waals surface area contributed by atoms with Crippen molar-refractivity contribution in [1.82, 2.24) is 19.9 Å². The Hall–Kier alpha value is -2.40. The number of para-hydroxylation sites is 1. The van der Waals surface area contributed by atoms with Gasteiger partial charge in [0, 0.05) is 12.7 Å². The number of aromatic amines is 1. The molecule has 2 aromatic heterocycles. The predicted molar refractivity (Wildman–Crippen MR) is 88.5 cm³/mol. The quantitative estimate of drug-likeness (QED) is 0.745. The highest BCUT2D eigenvalue weighted by Gasteiger charge is 2.30. The van der Waals surface area contributed by atoms with Crippen molar-refractivity contribution in [3.05, 3.63) is 58.6 Å². The van der Waals surface area contributed by atoms with E-state index in [1.165, 1.54) is 5.56 Å². The fourth-order valence-corrected chi connectivity index (χ4v) is 3.35. The summed E-state index contributed by atoms with van der Waals surface area (Å²) in [6.07, 6.45) is 2.57. The van der Waals surface area contributed by atoms with Gasteiger partial charge in [-0.1, -0.05) is 23.7 Å². The first-order valence-electron chi connectivity index (χ1n) is 7.54. The average molecular weight is 327 g/mol. The summed E-state index contributed by atoms with van der Waals surface area (Å²) in [7, 11) is 0. The van der Waals surface area contributed by atoms with Gasteiger partial charge in [-0.2, -0.15) is 0 Å². The molecule has 1 amide bonds. The van der Waals surface area contributed by atoms with Crippen LogP contribution >= 0.6 is 11.6 Å². The van der Waals surface area contributed by atoms with Crippen molar-refractivity contribution in [2.45, 2.75) is 19.4 Å². The molecule has 0 radical (unpaired) electrons. The van der Waals surface area contributed by atoms with E-state index in [0.29, 0.717) is 22.9 Å². The molecule has 0 spiro atoms. The van der Waals surface area contributed by atoms with Crippen molar-refractivity contribution >= 4 is 28.5 Å². The number of H-pyrrole nitrogens is 1. The van der Waals surface area contributed by atoms with Crippen LogP contribution in [0.25, 0.3) is 11.0 Å². The minimum atomic E-state index is -0.124. The van der Waals surface area contributed by atoms with Crippen LogP contribution in [0.15, 0.2) is 36.5 Å². The van der Waals surface area contributed by atoms with Crippen LogP contribution in [0.1, 0.15) is 34.8 Å². The number of nitrogens with one attached hydrogen (secondary N) is 1. The molecule has 1 aliphatic heterocycles. The van der Waals surface area contributed by atoms with E-state index < -0.39 is 0 Å². The second-order valence-corrected chi connectivity index (χ2v) is 6.10. The average Bonchev–Trinajstić information content (AvgIpc) is 3.01. The second-order valence-electron chi connectivity index (χ2n) is 5.69. The van der Waals surface area contributed by atoms with Gasteiger partial charge in [-0.05, 0) is 37.1 Å². The van der Waals surface area contributed by atoms with Gasteiger partial charge in [0.25, 0.3) is 5.91 Å². The molecule has 116 valence electrons. The molecule has 23 heavy (non-hydrogen) atoms. The number of hydrogen-bond donors (Lipinski definition) is 1. The number of nitrogens with zero attached hydrogens (tertiary/aromatic N) is 3. The molecule has 1 aromatic carbocycles. The van der Waals surface area contributed by atoms with Crippen molar-refractivity contribution in [2.24, 2.45) is 0 Å². The lowest BCUT2D eigenvalue weighted by atomic mass is 9.99. The standard InChI is InChI=1S/C17H15ClN4O/c1-10-14-11(4-3-8-19-14)7-9-22(10)17(23)16-20-13-6-2-5-12(18)15(13)21-16/h2-6,8,10H,7,9H2,1H3,(H,20,21). The number of fused-ring (bicyclic) bond motifs is 2. The van der Waals surface area contributed by atoms with Crippen molar-refractivity contribution in [1.29, 1.82) is 0 Å². The number of amides is 1. The van der Waals surface area contributed by atoms with Gasteiger partial charge in [-0.15, -0.1) is 0 Å². The van der Waals surface area contributed by atoms with Crippen LogP contribution < -0.4 is 0 Å². The molecule has 1 atom stereocenters. The van der Waals surface area contributed by atoms with Crippen LogP contribution in [0.4, 0.5) is 0 Å². The van der Waals surface area contributed by atoms with Crippen LogP contribution in [0.5, 0.6) is 0 Å². The number of imidazole rings is 1. The van der Waals surface area contributed by atoms with Crippen LogP contribution in [0.2, 0.25) is 5.02 Å². The first-order chi connectivity index (χ1) is 11.1. The SMILES string of the molecule is CC1c2ncccc2CCN1C(=O)c1nc2c(Cl)cccc2[nH]1. The lowest BCUT2D eigenvalue weighted by Crippen LogP contribution is -2.39. The number of halogens is 1. The van der Waals surface area contributed by atoms with Gasteiger partial charge < -0.3 is 9.88 Å². The van der Waals surface area contributed by atoms with Gasteiger partial charge >= 0.3 is 0 Å². The molecule has 1 aliphatic rings. The maximum absolute atomic E-state index is 12.9. The zero-order valence-corrected chi connectivity index (χ0v) is 13.3. The molecule has 0 bridgehead atoms. The fraction of sp³-hybridized carbons (Fsp3) is 0.235. The predicted octanol–water partition coefficient (Wildman–Crippen LogP) is 3.37. The highest BCUT2D eigenvalue weighted by Crippen LogP contribution is 2.29. The molecule has 1 unspecified atom stereocenters. The highest BCUT2D eigenvalue weighted by atomic mass is 35.5. The van der Waals surface area contributed by atoms with E-state index in [1.54, 1.807) is 17.2 Å². The molecule has 0 saturated heterocycles. The Morgan fingerprint density at radius 1 is 1.35 bits per heavy atom. The Morgan fingerprint density at radius 3 is 3.04 bits per heavy atom. The topological polar surface area (TPSA) is 61.9 Å². The van der Waals surface area contributed by atoms with Crippen molar-refractivity contribution < 1.29 is 4.79 Å². The minimum absolute atomic E-state index is 0.0730. The molecule has 5 nitrogen and oxygen atoms in total. The molecule has 0 saturated carbocycles. The molecule has 6 heteroatoms. The van der Waals surface area contributed by atoms with E-state index in [-0.39, 0.29) is 11.9 Å². The molecule has 0 fully saturated rings. The number of aromatic nitrogens is 3. The number of carbonyl (C=O) groups excluding carboxylic acids is 1. The summed E-state index contributed by atoms with van der Waals surface area (Å²) >= 11 is 6.14. The van der Waals surface area contributed by atoms with Gasteiger partial charge in [0.05, 0.1) is 22.3 Å². The van der Waals surface area contributed by atoms with Crippen LogP contribution in [-0.2, 0) is 6.42 Å². The van der Waals surface area contributed by atoms with Gasteiger partial charge in [-0.25, -0.2) is 4.98 Å². The summed E-state index contributed by atoms with van der Waals surface area (Å²) in [5.74, 6) is 0.195. The lowest BCUT2D eigenvalue weighted by molar-refractivity contribution is 0.0662. The number of rotatable bonds is 1. The van der Waals surface area contributed by atoms with Gasteiger partial charge in [0.2, 0.25) is 0 Å². The number of hydrogen-bond acceptors (Lipinski definition) is 3. The Labute approximate surface area is 138 Å². The number of pyridine rings is 1. The molecule has 0 aliphatic carbocycles. The van der Waals surface area contributed by atoms with Gasteiger partial charge in [0.15, 0.2) is 5.82 Å². The molecule has 3 aromatic rings. The van der Waals surface area contributed by atoms with Crippen LogP contribution in [0.3, 0.4) is 0 Å². The summed E-state index contributed by atoms with van der Waals surface area (Å²) in [5, 5.41) is 0.538. The van der Waals surface area contributed by atoms with E-state index in [4.69, 9.17) is 11.6 Å². The Kier molecular flexibility index (Phi) is 3.31. The maximum Gasteiger partial charge on any atom is 0.290 e. The summed E-state index contributed by atoms with van der Waals surface area (Å²) in [4.78, 5) is 26.6. The Bertz CT molecular complexity index is 904. The zero-order chi connectivity index (χ0) is 16.0.